The predicted molar refractivity (Wildman–Crippen MR) is 252 cm³/mol. The molecule has 322 valence electrons. The van der Waals surface area contributed by atoms with Crippen molar-refractivity contribution in [2.75, 3.05) is 0 Å². The highest BCUT2D eigenvalue weighted by Crippen LogP contribution is 2.41. The molecule has 9 heteroatoms. The number of hydrogen-bond acceptors (Lipinski definition) is 5. The van der Waals surface area contributed by atoms with E-state index in [0.29, 0.717) is 28.9 Å². The summed E-state index contributed by atoms with van der Waals surface area (Å²) in [5, 5.41) is 9.62. The van der Waals surface area contributed by atoms with Crippen molar-refractivity contribution < 1.29 is 13.3 Å². The van der Waals surface area contributed by atoms with Gasteiger partial charge in [-0.3, -0.25) is 0 Å². The molecule has 0 N–H and O–H groups in total. The molecule has 1 aromatic heterocycles. The number of rotatable bonds is 19. The molecule has 0 bridgehead atoms. The topological polar surface area (TPSA) is 61.7 Å². The lowest BCUT2D eigenvalue weighted by Crippen LogP contribution is -2.44. The zero-order chi connectivity index (χ0) is 43.5. The van der Waals surface area contributed by atoms with Gasteiger partial charge in [0.2, 0.25) is 25.8 Å². The van der Waals surface area contributed by atoms with Crippen LogP contribution in [0.25, 0.3) is 16.3 Å². The van der Waals surface area contributed by atoms with Gasteiger partial charge in [0.1, 0.15) is 5.75 Å². The summed E-state index contributed by atoms with van der Waals surface area (Å²) in [7, 11) is -4.10. The third-order valence-corrected chi connectivity index (χ3v) is 21.2. The van der Waals surface area contributed by atoms with Gasteiger partial charge in [0, 0.05) is 5.56 Å². The van der Waals surface area contributed by atoms with Crippen LogP contribution in [0.15, 0.2) is 40.8 Å². The fourth-order valence-corrected chi connectivity index (χ4v) is 8.48. The third-order valence-electron chi connectivity index (χ3n) is 11.8. The van der Waals surface area contributed by atoms with Gasteiger partial charge in [0.25, 0.3) is 0 Å². The van der Waals surface area contributed by atoms with E-state index < -0.39 is 16.6 Å². The zero-order valence-electron chi connectivity index (χ0n) is 39.3. The third kappa shape index (κ3) is 17.7. The van der Waals surface area contributed by atoms with E-state index in [1.165, 1.54) is 77.0 Å². The summed E-state index contributed by atoms with van der Waals surface area (Å²) in [5.74, 6) is 1.57. The normalized spacial score (nSPS) is 13.1. The van der Waals surface area contributed by atoms with E-state index in [0.717, 1.165) is 22.4 Å². The van der Waals surface area contributed by atoms with Crippen molar-refractivity contribution in [3.63, 3.8) is 0 Å². The molecule has 2 atom stereocenters. The zero-order valence-corrected chi connectivity index (χ0v) is 42.0. The minimum Gasteiger partial charge on any atom is -0.543 e. The minimum absolute atomic E-state index is 0.0485. The second-order valence-electron chi connectivity index (χ2n) is 18.9. The van der Waals surface area contributed by atoms with E-state index in [-0.39, 0.29) is 22.1 Å². The molecule has 57 heavy (non-hydrogen) atoms. The van der Waals surface area contributed by atoms with Crippen molar-refractivity contribution >= 4 is 33.9 Å². The van der Waals surface area contributed by atoms with E-state index in [1.54, 1.807) is 6.07 Å². The molecule has 0 amide bonds. The predicted octanol–water partition coefficient (Wildman–Crippen LogP) is 17.1. The standard InChI is InChI=1S/C32H46ClN3O3Si2.2C8H18/c1-21-23(17-18-27(34-9)28(21)33)20-26(22(2)38-40(10,11)31(3,4)5)30-36-35-29(37-30)24-15-14-16-25(19-24)39-41(12,13)32(6,7)8;2*1-3-5-7-8-6-4-2/h14-19,22,26H,20H2,1-8,10-13H3;2*3-8H2,1-2H3/t22-,26+;;/m0../s1. The smallest absolute Gasteiger partial charge is 0.250 e. The van der Waals surface area contributed by atoms with Crippen LogP contribution >= 0.6 is 11.6 Å². The molecule has 1 heterocycles. The van der Waals surface area contributed by atoms with E-state index in [2.05, 4.69) is 117 Å². The maximum Gasteiger partial charge on any atom is 0.250 e. The van der Waals surface area contributed by atoms with Gasteiger partial charge in [-0.25, -0.2) is 4.85 Å². The van der Waals surface area contributed by atoms with Gasteiger partial charge in [0.15, 0.2) is 8.32 Å². The first-order valence-electron chi connectivity index (χ1n) is 22.1. The fourth-order valence-electron chi connectivity index (χ4n) is 5.78. The summed E-state index contributed by atoms with van der Waals surface area (Å²) < 4.78 is 19.8. The molecule has 3 aromatic rings. The van der Waals surface area contributed by atoms with Crippen LogP contribution in [0.1, 0.15) is 176 Å². The molecule has 0 aliphatic carbocycles. The number of nitrogens with zero attached hydrogens (tertiary/aromatic N) is 3. The Morgan fingerprint density at radius 3 is 1.72 bits per heavy atom. The minimum atomic E-state index is -2.09. The van der Waals surface area contributed by atoms with Gasteiger partial charge in [-0.1, -0.05) is 176 Å². The molecule has 0 aliphatic rings. The van der Waals surface area contributed by atoms with Crippen LogP contribution < -0.4 is 4.43 Å². The van der Waals surface area contributed by atoms with Gasteiger partial charge in [0.05, 0.1) is 23.6 Å². The summed E-state index contributed by atoms with van der Waals surface area (Å²) in [6, 6.07) is 11.6. The number of unbranched alkanes of at least 4 members (excludes halogenated alkanes) is 10. The number of hydrogen-bond donors (Lipinski definition) is 0. The monoisotopic (exact) mass is 840 g/mol. The lowest BCUT2D eigenvalue weighted by molar-refractivity contribution is 0.154. The SMILES string of the molecule is CCCCCCCC.CCCCCCCC.[C-]#[N+]c1ccc(C[C@@H](c2nnc(-c3cccc(O[Si](C)(C)C(C)(C)C)c3)o2)[C@H](C)O[Si](C)(C)C(C)(C)C)c(C)c1Cl. The van der Waals surface area contributed by atoms with Crippen LogP contribution in [0.5, 0.6) is 5.75 Å². The Morgan fingerprint density at radius 1 is 0.754 bits per heavy atom. The van der Waals surface area contributed by atoms with Gasteiger partial charge >= 0.3 is 0 Å². The second kappa shape index (κ2) is 25.2. The Labute approximate surface area is 357 Å². The van der Waals surface area contributed by atoms with Crippen LogP contribution in [-0.4, -0.2) is 32.9 Å². The molecule has 0 spiro atoms. The molecule has 0 unspecified atom stereocenters. The largest absolute Gasteiger partial charge is 0.543 e. The molecule has 0 saturated heterocycles. The molecule has 2 aromatic carbocycles. The van der Waals surface area contributed by atoms with Crippen molar-refractivity contribution in [2.45, 2.75) is 215 Å². The Hall–Kier alpha value is -2.45. The molecule has 6 nitrogen and oxygen atoms in total. The van der Waals surface area contributed by atoms with Crippen molar-refractivity contribution in [1.29, 1.82) is 0 Å². The summed E-state index contributed by atoms with van der Waals surface area (Å²) >= 11 is 6.55. The second-order valence-corrected chi connectivity index (χ2v) is 28.7. The summed E-state index contributed by atoms with van der Waals surface area (Å²) in [5.41, 5.74) is 3.19. The first-order chi connectivity index (χ1) is 26.6. The first-order valence-corrected chi connectivity index (χ1v) is 28.3. The molecule has 0 aliphatic heterocycles. The van der Waals surface area contributed by atoms with E-state index in [4.69, 9.17) is 31.4 Å². The van der Waals surface area contributed by atoms with E-state index in [1.807, 2.05) is 37.3 Å². The van der Waals surface area contributed by atoms with Crippen LogP contribution in [0.3, 0.4) is 0 Å². The van der Waals surface area contributed by atoms with E-state index >= 15 is 0 Å². The fraction of sp³-hybridized carbons (Fsp3) is 0.688. The van der Waals surface area contributed by atoms with Gasteiger partial charge in [-0.15, -0.1) is 10.2 Å². The maximum absolute atomic E-state index is 7.42. The van der Waals surface area contributed by atoms with Crippen molar-refractivity contribution in [1.82, 2.24) is 10.2 Å². The highest BCUT2D eigenvalue weighted by atomic mass is 35.5. The van der Waals surface area contributed by atoms with Gasteiger partial charge in [-0.2, -0.15) is 0 Å². The average Bonchev–Trinajstić information content (AvgIpc) is 3.62. The van der Waals surface area contributed by atoms with Crippen LogP contribution in [0, 0.1) is 13.5 Å². The highest BCUT2D eigenvalue weighted by Gasteiger charge is 2.41. The van der Waals surface area contributed by atoms with Gasteiger partial charge in [-0.05, 0) is 85.9 Å². The van der Waals surface area contributed by atoms with Crippen LogP contribution in [0.4, 0.5) is 5.69 Å². The Kier molecular flexibility index (Phi) is 23.3. The Bertz CT molecular complexity index is 1590. The highest BCUT2D eigenvalue weighted by molar-refractivity contribution is 6.75. The van der Waals surface area contributed by atoms with E-state index in [9.17, 15) is 0 Å². The molecule has 0 saturated carbocycles. The lowest BCUT2D eigenvalue weighted by Gasteiger charge is -2.40. The lowest BCUT2D eigenvalue weighted by atomic mass is 9.92. The van der Waals surface area contributed by atoms with Crippen LogP contribution in [0.2, 0.25) is 41.3 Å². The number of halogens is 1. The first kappa shape index (κ1) is 52.6. The Balaban J connectivity index is 0.000000847. The summed E-state index contributed by atoms with van der Waals surface area (Å²) in [6.45, 7) is 42.8. The van der Waals surface area contributed by atoms with Crippen molar-refractivity contribution in [3.05, 3.63) is 69.9 Å². The molecule has 0 fully saturated rings. The molecule has 3 rings (SSSR count). The van der Waals surface area contributed by atoms with Crippen molar-refractivity contribution in [3.8, 4) is 17.2 Å². The molecule has 0 radical (unpaired) electrons. The number of aromatic nitrogens is 2. The van der Waals surface area contributed by atoms with Crippen molar-refractivity contribution in [2.24, 2.45) is 0 Å². The number of benzene rings is 2. The summed E-state index contributed by atoms with van der Waals surface area (Å²) in [4.78, 5) is 3.55. The van der Waals surface area contributed by atoms with Gasteiger partial charge < -0.3 is 13.3 Å². The molecular formula is C48H82ClN3O3Si2. The van der Waals surface area contributed by atoms with Crippen LogP contribution in [-0.2, 0) is 10.8 Å². The Morgan fingerprint density at radius 2 is 1.26 bits per heavy atom. The summed E-state index contributed by atoms with van der Waals surface area (Å²) in [6.07, 6.45) is 17.4. The molecular weight excluding hydrogens is 758 g/mol. The average molecular weight is 841 g/mol. The maximum atomic E-state index is 7.42. The quantitative estimate of drug-likeness (QED) is 0.0683.